The molecule has 0 N–H and O–H groups in total. The third kappa shape index (κ3) is 4.89. The Balaban J connectivity index is 1.20. The van der Waals surface area contributed by atoms with E-state index < -0.39 is 11.1 Å². The Hall–Kier alpha value is -8.62. The summed E-state index contributed by atoms with van der Waals surface area (Å²) in [4.78, 5) is 40.8. The van der Waals surface area contributed by atoms with Crippen molar-refractivity contribution in [3.63, 3.8) is 0 Å². The number of nitrogens with zero attached hydrogens (tertiary/aromatic N) is 5. The van der Waals surface area contributed by atoms with Gasteiger partial charge in [-0.25, -0.2) is 14.5 Å². The Morgan fingerprint density at radius 3 is 1.55 bits per heavy atom. The van der Waals surface area contributed by atoms with Crippen LogP contribution in [0.25, 0.3) is 116 Å². The van der Waals surface area contributed by atoms with E-state index in [1.165, 1.54) is 4.57 Å². The molecule has 0 amide bonds. The van der Waals surface area contributed by atoms with Crippen LogP contribution in [0, 0.1) is 0 Å². The van der Waals surface area contributed by atoms with Crippen LogP contribution in [0.5, 0.6) is 0 Å². The van der Waals surface area contributed by atoms with Crippen molar-refractivity contribution < 1.29 is 4.42 Å². The zero-order chi connectivity index (χ0) is 41.1. The second-order valence-corrected chi connectivity index (χ2v) is 15.7. The zero-order valence-corrected chi connectivity index (χ0v) is 32.9. The quantitative estimate of drug-likeness (QED) is 0.177. The fourth-order valence-corrected chi connectivity index (χ4v) is 9.55. The van der Waals surface area contributed by atoms with Gasteiger partial charge in [-0.2, -0.15) is 0 Å². The molecule has 0 radical (unpaired) electrons. The first-order valence-corrected chi connectivity index (χ1v) is 20.5. The van der Waals surface area contributed by atoms with Gasteiger partial charge in [0.05, 0.1) is 27.5 Å². The first-order valence-electron chi connectivity index (χ1n) is 20.5. The monoisotopic (exact) mass is 797 g/mol. The summed E-state index contributed by atoms with van der Waals surface area (Å²) in [6.07, 6.45) is 3.59. The average Bonchev–Trinajstić information content (AvgIpc) is 3.96. The normalized spacial score (nSPS) is 12.0. The molecule has 0 aliphatic heterocycles. The molecule has 6 heterocycles. The molecule has 0 spiro atoms. The van der Waals surface area contributed by atoms with E-state index in [2.05, 4.69) is 45.5 Å². The molecule has 8 heteroatoms. The number of furan rings is 1. The molecule has 8 nitrogen and oxygen atoms in total. The number of para-hydroxylation sites is 2. The summed E-state index contributed by atoms with van der Waals surface area (Å²) in [6, 6.07) is 57.9. The summed E-state index contributed by atoms with van der Waals surface area (Å²) in [5.74, 6) is 0. The van der Waals surface area contributed by atoms with Crippen LogP contribution in [0.15, 0.2) is 202 Å². The minimum Gasteiger partial charge on any atom is -0.456 e. The van der Waals surface area contributed by atoms with Crippen molar-refractivity contribution in [2.45, 2.75) is 0 Å². The van der Waals surface area contributed by atoms with Crippen molar-refractivity contribution >= 4 is 87.4 Å². The summed E-state index contributed by atoms with van der Waals surface area (Å²) in [5.41, 5.74) is 8.02. The number of rotatable bonds is 4. The minimum atomic E-state index is -0.420. The first kappa shape index (κ1) is 34.3. The molecule has 290 valence electrons. The highest BCUT2D eigenvalue weighted by molar-refractivity contribution is 6.21. The molecular formula is C54H31N5O3. The summed E-state index contributed by atoms with van der Waals surface area (Å²) >= 11 is 0. The molecule has 0 saturated carbocycles. The van der Waals surface area contributed by atoms with Gasteiger partial charge in [-0.15, -0.1) is 0 Å². The number of hydrogen-bond acceptors (Lipinski definition) is 5. The lowest BCUT2D eigenvalue weighted by Gasteiger charge is -2.08. The highest BCUT2D eigenvalue weighted by Crippen LogP contribution is 2.39. The van der Waals surface area contributed by atoms with Gasteiger partial charge in [0.25, 0.3) is 11.1 Å². The topological polar surface area (TPSA) is 87.8 Å². The van der Waals surface area contributed by atoms with Crippen LogP contribution in [-0.2, 0) is 0 Å². The van der Waals surface area contributed by atoms with Crippen LogP contribution in [0.2, 0.25) is 0 Å². The lowest BCUT2D eigenvalue weighted by atomic mass is 10.0. The third-order valence-corrected chi connectivity index (χ3v) is 12.3. The Bertz CT molecular complexity index is 4150. The van der Waals surface area contributed by atoms with Crippen LogP contribution in [0.4, 0.5) is 0 Å². The van der Waals surface area contributed by atoms with Gasteiger partial charge < -0.3 is 4.42 Å². The van der Waals surface area contributed by atoms with Gasteiger partial charge in [-0.3, -0.25) is 18.7 Å². The molecule has 62 heavy (non-hydrogen) atoms. The van der Waals surface area contributed by atoms with Crippen molar-refractivity contribution in [3.05, 3.63) is 209 Å². The molecule has 0 aliphatic carbocycles. The maximum Gasteiger partial charge on any atom is 0.266 e. The Morgan fingerprint density at radius 2 is 0.871 bits per heavy atom. The number of pyridine rings is 2. The molecule has 0 saturated heterocycles. The lowest BCUT2D eigenvalue weighted by molar-refractivity contribution is 0.669. The molecule has 0 bridgehead atoms. The largest absolute Gasteiger partial charge is 0.456 e. The summed E-state index contributed by atoms with van der Waals surface area (Å²) in [7, 11) is 0. The molecule has 7 aromatic carbocycles. The molecular weight excluding hydrogens is 767 g/mol. The SMILES string of the molecule is O=c1c2cc3c(cc2c2cc4c5cccnc5n(-c5ccc6oc7ccccc7c6c5)c4cc2c(=O)n1-c1cccc(-c2ccccc2)c1)c1cccnc1n3-c1ccccc1. The van der Waals surface area contributed by atoms with Crippen molar-refractivity contribution in [1.82, 2.24) is 23.7 Å². The summed E-state index contributed by atoms with van der Waals surface area (Å²) < 4.78 is 11.8. The molecule has 13 rings (SSSR count). The van der Waals surface area contributed by atoms with Gasteiger partial charge in [0.15, 0.2) is 0 Å². The van der Waals surface area contributed by atoms with E-state index in [-0.39, 0.29) is 0 Å². The van der Waals surface area contributed by atoms with E-state index in [0.29, 0.717) is 27.2 Å². The van der Waals surface area contributed by atoms with Crippen LogP contribution < -0.4 is 11.1 Å². The lowest BCUT2D eigenvalue weighted by Crippen LogP contribution is -2.28. The van der Waals surface area contributed by atoms with Gasteiger partial charge in [0, 0.05) is 56.1 Å². The standard InChI is InChI=1S/C54H31N5O3/c60-53-45-30-47-42(38-19-10-24-55-51(38)57(47)34-15-5-2-6-16-34)28-40(45)41-29-43-39-20-11-25-56-52(39)58(36-22-23-50-44(27-36)37-18-7-8-21-49(37)62-50)48(43)31-46(41)54(61)59(53)35-17-9-14-33(26-35)32-12-3-1-4-13-32/h1-31H. The third-order valence-electron chi connectivity index (χ3n) is 12.3. The van der Waals surface area contributed by atoms with E-state index in [1.807, 2.05) is 140 Å². The van der Waals surface area contributed by atoms with Crippen LogP contribution >= 0.6 is 0 Å². The molecule has 13 aromatic rings. The second kappa shape index (κ2) is 12.9. The molecule has 0 fully saturated rings. The Morgan fingerprint density at radius 1 is 0.339 bits per heavy atom. The average molecular weight is 798 g/mol. The van der Waals surface area contributed by atoms with Crippen molar-refractivity contribution in [1.29, 1.82) is 0 Å². The van der Waals surface area contributed by atoms with Crippen LogP contribution in [0.3, 0.4) is 0 Å². The number of fused-ring (bicyclic) bond motifs is 12. The number of hydrogen-bond donors (Lipinski definition) is 0. The van der Waals surface area contributed by atoms with Crippen molar-refractivity contribution in [2.75, 3.05) is 0 Å². The Labute approximate surface area is 351 Å². The van der Waals surface area contributed by atoms with E-state index in [4.69, 9.17) is 14.4 Å². The highest BCUT2D eigenvalue weighted by Gasteiger charge is 2.22. The predicted molar refractivity (Wildman–Crippen MR) is 250 cm³/mol. The Kier molecular flexibility index (Phi) is 7.15. The van der Waals surface area contributed by atoms with E-state index in [0.717, 1.165) is 88.3 Å². The van der Waals surface area contributed by atoms with Crippen molar-refractivity contribution in [3.8, 4) is 28.2 Å². The molecule has 6 aromatic heterocycles. The van der Waals surface area contributed by atoms with Gasteiger partial charge in [0.1, 0.15) is 22.5 Å². The fraction of sp³-hybridized carbons (Fsp3) is 0. The highest BCUT2D eigenvalue weighted by atomic mass is 16.3. The molecule has 0 atom stereocenters. The molecule has 0 unspecified atom stereocenters. The van der Waals surface area contributed by atoms with E-state index in [9.17, 15) is 0 Å². The van der Waals surface area contributed by atoms with Crippen molar-refractivity contribution in [2.24, 2.45) is 0 Å². The van der Waals surface area contributed by atoms with Gasteiger partial charge >= 0.3 is 0 Å². The smallest absolute Gasteiger partial charge is 0.266 e. The predicted octanol–water partition coefficient (Wildman–Crippen LogP) is 12.1. The molecule has 0 aliphatic rings. The second-order valence-electron chi connectivity index (χ2n) is 15.7. The minimum absolute atomic E-state index is 0.401. The number of aromatic nitrogens is 5. The first-order chi connectivity index (χ1) is 30.6. The van der Waals surface area contributed by atoms with E-state index >= 15 is 9.59 Å². The van der Waals surface area contributed by atoms with Crippen LogP contribution in [-0.4, -0.2) is 23.7 Å². The maximum atomic E-state index is 15.5. The van der Waals surface area contributed by atoms with Gasteiger partial charge in [0.2, 0.25) is 0 Å². The summed E-state index contributed by atoms with van der Waals surface area (Å²) in [5, 5.41) is 7.83. The van der Waals surface area contributed by atoms with Crippen LogP contribution in [0.1, 0.15) is 0 Å². The zero-order valence-electron chi connectivity index (χ0n) is 32.9. The number of benzene rings is 7. The maximum absolute atomic E-state index is 15.5. The van der Waals surface area contributed by atoms with Gasteiger partial charge in [-0.05, 0) is 119 Å². The fourth-order valence-electron chi connectivity index (χ4n) is 9.55. The van der Waals surface area contributed by atoms with E-state index in [1.54, 1.807) is 12.4 Å². The summed E-state index contributed by atoms with van der Waals surface area (Å²) in [6.45, 7) is 0. The van der Waals surface area contributed by atoms with Gasteiger partial charge in [-0.1, -0.05) is 78.9 Å².